The van der Waals surface area contributed by atoms with E-state index in [0.717, 1.165) is 25.4 Å². The van der Waals surface area contributed by atoms with Crippen LogP contribution in [-0.4, -0.2) is 28.5 Å². The zero-order chi connectivity index (χ0) is 10.7. The number of alkyl halides is 1. The molecule has 0 aromatic carbocycles. The van der Waals surface area contributed by atoms with Crippen molar-refractivity contribution in [2.45, 2.75) is 31.7 Å². The Bertz CT molecular complexity index is 322. The van der Waals surface area contributed by atoms with Gasteiger partial charge in [0.2, 0.25) is 0 Å². The average Bonchev–Trinajstić information content (AvgIpc) is 2.86. The number of hydrogen-bond donors (Lipinski definition) is 0. The van der Waals surface area contributed by atoms with Crippen molar-refractivity contribution in [3.05, 3.63) is 12.2 Å². The summed E-state index contributed by atoms with van der Waals surface area (Å²) in [5, 5.41) is 7.86. The Morgan fingerprint density at radius 1 is 1.60 bits per heavy atom. The first-order valence-corrected chi connectivity index (χ1v) is 5.75. The van der Waals surface area contributed by atoms with Gasteiger partial charge in [0, 0.05) is 20.3 Å². The third-order valence-electron chi connectivity index (χ3n) is 3.11. The maximum atomic E-state index is 5.78. The molecule has 1 saturated carbocycles. The summed E-state index contributed by atoms with van der Waals surface area (Å²) in [7, 11) is 1.75. The highest BCUT2D eigenvalue weighted by molar-refractivity contribution is 6.16. The SMILES string of the molecule is COCCC1(Cn2cnnc2CCl)CC1. The summed E-state index contributed by atoms with van der Waals surface area (Å²) in [6.45, 7) is 1.81. The van der Waals surface area contributed by atoms with E-state index in [1.54, 1.807) is 13.4 Å². The molecule has 0 unspecified atom stereocenters. The first-order chi connectivity index (χ1) is 7.29. The van der Waals surface area contributed by atoms with Crippen molar-refractivity contribution >= 4 is 11.6 Å². The minimum Gasteiger partial charge on any atom is -0.385 e. The third-order valence-corrected chi connectivity index (χ3v) is 3.35. The van der Waals surface area contributed by atoms with Gasteiger partial charge in [0.05, 0.1) is 5.88 Å². The molecule has 5 heteroatoms. The monoisotopic (exact) mass is 229 g/mol. The molecule has 4 nitrogen and oxygen atoms in total. The van der Waals surface area contributed by atoms with Gasteiger partial charge in [-0.15, -0.1) is 21.8 Å². The van der Waals surface area contributed by atoms with Crippen molar-refractivity contribution in [3.63, 3.8) is 0 Å². The van der Waals surface area contributed by atoms with Gasteiger partial charge >= 0.3 is 0 Å². The maximum absolute atomic E-state index is 5.78. The van der Waals surface area contributed by atoms with Gasteiger partial charge in [-0.1, -0.05) is 0 Å². The van der Waals surface area contributed by atoms with E-state index in [9.17, 15) is 0 Å². The van der Waals surface area contributed by atoms with Gasteiger partial charge < -0.3 is 9.30 Å². The molecule has 0 radical (unpaired) electrons. The van der Waals surface area contributed by atoms with Gasteiger partial charge in [-0.3, -0.25) is 0 Å². The lowest BCUT2D eigenvalue weighted by Crippen LogP contribution is -2.15. The Labute approximate surface area is 94.6 Å². The summed E-state index contributed by atoms with van der Waals surface area (Å²) >= 11 is 5.78. The normalized spacial score (nSPS) is 18.0. The molecular formula is C10H16ClN3O. The van der Waals surface area contributed by atoms with Crippen LogP contribution in [0.25, 0.3) is 0 Å². The summed E-state index contributed by atoms with van der Waals surface area (Å²) in [6, 6.07) is 0. The third kappa shape index (κ3) is 2.49. The molecule has 1 aliphatic rings. The number of halogens is 1. The Kier molecular flexibility index (Phi) is 3.26. The summed E-state index contributed by atoms with van der Waals surface area (Å²) < 4.78 is 7.19. The highest BCUT2D eigenvalue weighted by Gasteiger charge is 2.42. The number of rotatable bonds is 6. The fourth-order valence-corrected chi connectivity index (χ4v) is 2.07. The van der Waals surface area contributed by atoms with Crippen LogP contribution in [-0.2, 0) is 17.2 Å². The lowest BCUT2D eigenvalue weighted by Gasteiger charge is -2.15. The van der Waals surface area contributed by atoms with E-state index in [0.29, 0.717) is 11.3 Å². The molecule has 1 aliphatic carbocycles. The maximum Gasteiger partial charge on any atom is 0.147 e. The minimum atomic E-state index is 0.416. The molecule has 1 aromatic heterocycles. The van der Waals surface area contributed by atoms with Crippen LogP contribution in [0.15, 0.2) is 6.33 Å². The van der Waals surface area contributed by atoms with Crippen LogP contribution in [0.3, 0.4) is 0 Å². The van der Waals surface area contributed by atoms with Crippen molar-refractivity contribution in [2.24, 2.45) is 5.41 Å². The molecule has 84 valence electrons. The molecule has 0 amide bonds. The average molecular weight is 230 g/mol. The quantitative estimate of drug-likeness (QED) is 0.699. The predicted octanol–water partition coefficient (Wildman–Crippen LogP) is 1.83. The van der Waals surface area contributed by atoms with Crippen molar-refractivity contribution in [2.75, 3.05) is 13.7 Å². The number of nitrogens with zero attached hydrogens (tertiary/aromatic N) is 3. The van der Waals surface area contributed by atoms with E-state index in [1.165, 1.54) is 12.8 Å². The summed E-state index contributed by atoms with van der Waals surface area (Å²) in [6.07, 6.45) is 5.43. The molecule has 1 aromatic rings. The Balaban J connectivity index is 1.96. The largest absolute Gasteiger partial charge is 0.385 e. The predicted molar refractivity (Wildman–Crippen MR) is 57.7 cm³/mol. The Hall–Kier alpha value is -0.610. The van der Waals surface area contributed by atoms with Crippen LogP contribution < -0.4 is 0 Å². The lowest BCUT2D eigenvalue weighted by molar-refractivity contribution is 0.166. The second kappa shape index (κ2) is 4.49. The first-order valence-electron chi connectivity index (χ1n) is 5.21. The zero-order valence-corrected chi connectivity index (χ0v) is 9.70. The van der Waals surface area contributed by atoms with E-state index in [2.05, 4.69) is 14.8 Å². The molecule has 15 heavy (non-hydrogen) atoms. The summed E-state index contributed by atoms with van der Waals surface area (Å²) in [5.74, 6) is 1.29. The van der Waals surface area contributed by atoms with E-state index in [1.807, 2.05) is 0 Å². The van der Waals surface area contributed by atoms with Gasteiger partial charge in [-0.05, 0) is 24.7 Å². The number of methoxy groups -OCH3 is 1. The highest BCUT2D eigenvalue weighted by Crippen LogP contribution is 2.50. The number of hydrogen-bond acceptors (Lipinski definition) is 3. The Morgan fingerprint density at radius 2 is 2.40 bits per heavy atom. The second-order valence-corrected chi connectivity index (χ2v) is 4.52. The van der Waals surface area contributed by atoms with Crippen molar-refractivity contribution in [1.29, 1.82) is 0 Å². The molecule has 0 N–H and O–H groups in total. The fraction of sp³-hybridized carbons (Fsp3) is 0.800. The summed E-state index contributed by atoms with van der Waals surface area (Å²) in [4.78, 5) is 0. The highest BCUT2D eigenvalue weighted by atomic mass is 35.5. The van der Waals surface area contributed by atoms with Crippen molar-refractivity contribution < 1.29 is 4.74 Å². The van der Waals surface area contributed by atoms with Crippen LogP contribution >= 0.6 is 11.6 Å². The number of ether oxygens (including phenoxy) is 1. The van der Waals surface area contributed by atoms with Crippen molar-refractivity contribution in [1.82, 2.24) is 14.8 Å². The van der Waals surface area contributed by atoms with Crippen LogP contribution in [0.5, 0.6) is 0 Å². The van der Waals surface area contributed by atoms with Crippen molar-refractivity contribution in [3.8, 4) is 0 Å². The van der Waals surface area contributed by atoms with Crippen LogP contribution in [0.1, 0.15) is 25.1 Å². The zero-order valence-electron chi connectivity index (χ0n) is 8.95. The second-order valence-electron chi connectivity index (χ2n) is 4.25. The molecule has 0 aliphatic heterocycles. The molecule has 1 fully saturated rings. The molecule has 0 atom stereocenters. The standard InChI is InChI=1S/C10H16ClN3O/c1-15-5-4-10(2-3-10)7-14-8-12-13-9(14)6-11/h8H,2-7H2,1H3. The molecule has 2 rings (SSSR count). The minimum absolute atomic E-state index is 0.416. The summed E-state index contributed by atoms with van der Waals surface area (Å²) in [5.41, 5.74) is 0.416. The van der Waals surface area contributed by atoms with E-state index in [4.69, 9.17) is 16.3 Å². The van der Waals surface area contributed by atoms with Gasteiger partial charge in [0.15, 0.2) is 0 Å². The van der Waals surface area contributed by atoms with Crippen LogP contribution in [0.4, 0.5) is 0 Å². The van der Waals surface area contributed by atoms with Gasteiger partial charge in [0.25, 0.3) is 0 Å². The van der Waals surface area contributed by atoms with Gasteiger partial charge in [-0.25, -0.2) is 0 Å². The lowest BCUT2D eigenvalue weighted by atomic mass is 10.0. The molecule has 0 spiro atoms. The van der Waals surface area contributed by atoms with E-state index in [-0.39, 0.29) is 0 Å². The molecule has 0 saturated heterocycles. The van der Waals surface area contributed by atoms with Gasteiger partial charge in [-0.2, -0.15) is 0 Å². The van der Waals surface area contributed by atoms with E-state index < -0.39 is 0 Å². The molecule has 1 heterocycles. The van der Waals surface area contributed by atoms with Crippen LogP contribution in [0.2, 0.25) is 0 Å². The number of aromatic nitrogens is 3. The van der Waals surface area contributed by atoms with Crippen LogP contribution in [0, 0.1) is 5.41 Å². The van der Waals surface area contributed by atoms with Gasteiger partial charge in [0.1, 0.15) is 12.2 Å². The first kappa shape index (κ1) is 10.9. The fourth-order valence-electron chi connectivity index (χ4n) is 1.86. The smallest absolute Gasteiger partial charge is 0.147 e. The molecular weight excluding hydrogens is 214 g/mol. The molecule has 0 bridgehead atoms. The van der Waals surface area contributed by atoms with E-state index >= 15 is 0 Å². The topological polar surface area (TPSA) is 39.9 Å². The Morgan fingerprint density at radius 3 is 3.00 bits per heavy atom.